The fourth-order valence-electron chi connectivity index (χ4n) is 1.80. The van der Waals surface area contributed by atoms with Crippen molar-refractivity contribution in [2.24, 2.45) is 5.84 Å². The van der Waals surface area contributed by atoms with Crippen molar-refractivity contribution < 1.29 is 4.92 Å². The lowest BCUT2D eigenvalue weighted by atomic mass is 10.2. The van der Waals surface area contributed by atoms with E-state index in [9.17, 15) is 14.9 Å². The molecule has 0 spiro atoms. The first-order valence-corrected chi connectivity index (χ1v) is 5.78. The summed E-state index contributed by atoms with van der Waals surface area (Å²) in [5.41, 5.74) is 3.60. The predicted octanol–water partition coefficient (Wildman–Crippen LogP) is 0.794. The van der Waals surface area contributed by atoms with Crippen LogP contribution in [0.15, 0.2) is 35.4 Å². The number of aromatic nitrogens is 2. The maximum Gasteiger partial charge on any atom is 0.288 e. The van der Waals surface area contributed by atoms with Crippen molar-refractivity contribution in [3.05, 3.63) is 62.3 Å². The van der Waals surface area contributed by atoms with Gasteiger partial charge in [-0.25, -0.2) is 0 Å². The minimum absolute atomic E-state index is 0.0993. The third kappa shape index (κ3) is 2.81. The fraction of sp³-hybridized carbons (Fsp3) is 0.167. The molecule has 0 amide bonds. The standard InChI is InChI=1S/C12H13N5O3/c1-8-4-12(18)16(7-11(8)17(19)20)6-10-5-9(15-13)2-3-14-10/h2-5,7H,6,13H2,1H3,(H,14,15). The molecule has 104 valence electrons. The van der Waals surface area contributed by atoms with Crippen LogP contribution in [0.3, 0.4) is 0 Å². The predicted molar refractivity (Wildman–Crippen MR) is 73.2 cm³/mol. The fourth-order valence-corrected chi connectivity index (χ4v) is 1.80. The summed E-state index contributed by atoms with van der Waals surface area (Å²) in [6.45, 7) is 1.66. The van der Waals surface area contributed by atoms with Crippen molar-refractivity contribution in [3.8, 4) is 0 Å². The molecule has 0 aliphatic carbocycles. The van der Waals surface area contributed by atoms with Crippen LogP contribution in [0.4, 0.5) is 11.4 Å². The van der Waals surface area contributed by atoms with E-state index in [-0.39, 0.29) is 17.8 Å². The van der Waals surface area contributed by atoms with Crippen LogP contribution in [-0.2, 0) is 6.54 Å². The number of hydrazine groups is 1. The SMILES string of the molecule is Cc1cc(=O)n(Cc2cc(NN)ccn2)cc1[N+](=O)[O-]. The summed E-state index contributed by atoms with van der Waals surface area (Å²) in [5, 5.41) is 10.9. The molecule has 0 aliphatic rings. The van der Waals surface area contributed by atoms with Gasteiger partial charge in [0.05, 0.1) is 29.0 Å². The second kappa shape index (κ2) is 5.49. The Morgan fingerprint density at radius 3 is 2.90 bits per heavy atom. The van der Waals surface area contributed by atoms with E-state index < -0.39 is 4.92 Å². The van der Waals surface area contributed by atoms with Crippen molar-refractivity contribution in [3.63, 3.8) is 0 Å². The van der Waals surface area contributed by atoms with Crippen LogP contribution in [0.25, 0.3) is 0 Å². The molecule has 8 heteroatoms. The largest absolute Gasteiger partial charge is 0.324 e. The Balaban J connectivity index is 2.40. The molecule has 20 heavy (non-hydrogen) atoms. The van der Waals surface area contributed by atoms with E-state index in [0.29, 0.717) is 16.9 Å². The number of rotatable bonds is 4. The number of pyridine rings is 2. The molecule has 0 atom stereocenters. The summed E-state index contributed by atoms with van der Waals surface area (Å²) in [7, 11) is 0. The number of aryl methyl sites for hydroxylation is 1. The van der Waals surface area contributed by atoms with E-state index in [1.165, 1.54) is 30.0 Å². The van der Waals surface area contributed by atoms with Crippen LogP contribution in [0.1, 0.15) is 11.3 Å². The zero-order valence-electron chi connectivity index (χ0n) is 10.7. The summed E-state index contributed by atoms with van der Waals surface area (Å²) >= 11 is 0. The van der Waals surface area contributed by atoms with Gasteiger partial charge in [-0.3, -0.25) is 25.7 Å². The van der Waals surface area contributed by atoms with Crippen molar-refractivity contribution in [2.75, 3.05) is 5.43 Å². The molecule has 8 nitrogen and oxygen atoms in total. The van der Waals surface area contributed by atoms with E-state index in [4.69, 9.17) is 5.84 Å². The average Bonchev–Trinajstić information content (AvgIpc) is 2.41. The highest BCUT2D eigenvalue weighted by atomic mass is 16.6. The summed E-state index contributed by atoms with van der Waals surface area (Å²) in [4.78, 5) is 26.3. The molecule has 0 fully saturated rings. The maximum absolute atomic E-state index is 11.8. The highest BCUT2D eigenvalue weighted by Crippen LogP contribution is 2.15. The lowest BCUT2D eigenvalue weighted by molar-refractivity contribution is -0.385. The van der Waals surface area contributed by atoms with Gasteiger partial charge in [0.2, 0.25) is 0 Å². The van der Waals surface area contributed by atoms with E-state index >= 15 is 0 Å². The molecule has 2 rings (SSSR count). The Morgan fingerprint density at radius 1 is 1.50 bits per heavy atom. The molecule has 0 bridgehead atoms. The van der Waals surface area contributed by atoms with Gasteiger partial charge in [-0.05, 0) is 19.1 Å². The Kier molecular flexibility index (Phi) is 3.76. The normalized spacial score (nSPS) is 10.3. The number of anilines is 1. The zero-order valence-corrected chi connectivity index (χ0v) is 10.7. The highest BCUT2D eigenvalue weighted by molar-refractivity contribution is 5.42. The third-order valence-electron chi connectivity index (χ3n) is 2.82. The van der Waals surface area contributed by atoms with Gasteiger partial charge in [-0.2, -0.15) is 0 Å². The van der Waals surface area contributed by atoms with Crippen LogP contribution in [0, 0.1) is 17.0 Å². The van der Waals surface area contributed by atoms with E-state index in [1.807, 2.05) is 0 Å². The summed E-state index contributed by atoms with van der Waals surface area (Å²) in [6, 6.07) is 4.57. The van der Waals surface area contributed by atoms with Gasteiger partial charge in [0.15, 0.2) is 0 Å². The van der Waals surface area contributed by atoms with Gasteiger partial charge in [0, 0.05) is 17.8 Å². The lowest BCUT2D eigenvalue weighted by Gasteiger charge is -2.07. The Bertz CT molecular complexity index is 710. The molecule has 0 saturated carbocycles. The van der Waals surface area contributed by atoms with Crippen molar-refractivity contribution in [1.29, 1.82) is 0 Å². The van der Waals surface area contributed by atoms with Gasteiger partial charge < -0.3 is 9.99 Å². The molecule has 3 N–H and O–H groups in total. The zero-order chi connectivity index (χ0) is 14.7. The first-order valence-electron chi connectivity index (χ1n) is 5.78. The monoisotopic (exact) mass is 275 g/mol. The maximum atomic E-state index is 11.8. The van der Waals surface area contributed by atoms with Crippen LogP contribution in [-0.4, -0.2) is 14.5 Å². The lowest BCUT2D eigenvalue weighted by Crippen LogP contribution is -2.21. The average molecular weight is 275 g/mol. The van der Waals surface area contributed by atoms with Crippen LogP contribution in [0.5, 0.6) is 0 Å². The van der Waals surface area contributed by atoms with Crippen LogP contribution >= 0.6 is 0 Å². The Morgan fingerprint density at radius 2 is 2.25 bits per heavy atom. The first-order chi connectivity index (χ1) is 9.51. The molecule has 0 unspecified atom stereocenters. The van der Waals surface area contributed by atoms with Gasteiger partial charge in [0.1, 0.15) is 0 Å². The third-order valence-corrected chi connectivity index (χ3v) is 2.82. The molecule has 0 aromatic carbocycles. The van der Waals surface area contributed by atoms with Gasteiger partial charge >= 0.3 is 0 Å². The number of nitro groups is 1. The van der Waals surface area contributed by atoms with Crippen LogP contribution in [0.2, 0.25) is 0 Å². The summed E-state index contributed by atoms with van der Waals surface area (Å²) in [6.07, 6.45) is 2.76. The highest BCUT2D eigenvalue weighted by Gasteiger charge is 2.13. The van der Waals surface area contributed by atoms with Crippen molar-refractivity contribution >= 4 is 11.4 Å². The second-order valence-corrected chi connectivity index (χ2v) is 4.25. The molecule has 2 heterocycles. The van der Waals surface area contributed by atoms with E-state index in [1.54, 1.807) is 12.1 Å². The smallest absolute Gasteiger partial charge is 0.288 e. The molecule has 0 saturated heterocycles. The number of nitrogens with two attached hydrogens (primary N) is 1. The first kappa shape index (κ1) is 13.7. The van der Waals surface area contributed by atoms with E-state index in [0.717, 1.165) is 0 Å². The number of nitrogens with zero attached hydrogens (tertiary/aromatic N) is 3. The molecule has 2 aromatic rings. The van der Waals surface area contributed by atoms with Crippen molar-refractivity contribution in [1.82, 2.24) is 9.55 Å². The van der Waals surface area contributed by atoms with Crippen LogP contribution < -0.4 is 16.8 Å². The van der Waals surface area contributed by atoms with Gasteiger partial charge in [-0.15, -0.1) is 0 Å². The topological polar surface area (TPSA) is 116 Å². The molecular weight excluding hydrogens is 262 g/mol. The minimum atomic E-state index is -0.517. The number of nitrogen functional groups attached to an aromatic ring is 1. The molecule has 0 aliphatic heterocycles. The summed E-state index contributed by atoms with van der Waals surface area (Å²) < 4.78 is 1.24. The number of nitrogens with one attached hydrogen (secondary N) is 1. The number of hydrogen-bond donors (Lipinski definition) is 2. The Hall–Kier alpha value is -2.74. The molecule has 0 radical (unpaired) electrons. The van der Waals surface area contributed by atoms with E-state index in [2.05, 4.69) is 10.4 Å². The quantitative estimate of drug-likeness (QED) is 0.484. The summed E-state index contributed by atoms with van der Waals surface area (Å²) in [5.74, 6) is 5.29. The molecular formula is C12H13N5O3. The van der Waals surface area contributed by atoms with Gasteiger partial charge in [-0.1, -0.05) is 0 Å². The minimum Gasteiger partial charge on any atom is -0.324 e. The molecule has 2 aromatic heterocycles. The van der Waals surface area contributed by atoms with Crippen molar-refractivity contribution in [2.45, 2.75) is 13.5 Å². The number of hydrogen-bond acceptors (Lipinski definition) is 6. The second-order valence-electron chi connectivity index (χ2n) is 4.25. The Labute approximate surface area is 114 Å². The van der Waals surface area contributed by atoms with Gasteiger partial charge in [0.25, 0.3) is 11.2 Å².